The van der Waals surface area contributed by atoms with Gasteiger partial charge >= 0.3 is 0 Å². The zero-order chi connectivity index (χ0) is 14.4. The third kappa shape index (κ3) is 4.35. The van der Waals surface area contributed by atoms with Crippen molar-refractivity contribution in [3.63, 3.8) is 0 Å². The summed E-state index contributed by atoms with van der Waals surface area (Å²) in [5, 5.41) is 0. The average Bonchev–Trinajstić information content (AvgIpc) is 3.31. The highest BCUT2D eigenvalue weighted by molar-refractivity contribution is 5.80. The van der Waals surface area contributed by atoms with Gasteiger partial charge in [0.2, 0.25) is 5.96 Å². The van der Waals surface area contributed by atoms with Crippen LogP contribution in [-0.4, -0.2) is 43.2 Å². The maximum absolute atomic E-state index is 5.76. The van der Waals surface area contributed by atoms with Gasteiger partial charge < -0.3 is 9.64 Å². The highest BCUT2D eigenvalue weighted by Crippen LogP contribution is 2.35. The summed E-state index contributed by atoms with van der Waals surface area (Å²) < 4.78 is 5.24. The summed E-state index contributed by atoms with van der Waals surface area (Å²) in [7, 11) is 1.74. The highest BCUT2D eigenvalue weighted by Gasteiger charge is 2.33. The Kier molecular flexibility index (Phi) is 6.10. The average molecular weight is 282 g/mol. The molecule has 0 heterocycles. The molecular weight excluding hydrogens is 252 g/mol. The molecule has 1 atom stereocenters. The quantitative estimate of drug-likeness (QED) is 0.338. The first-order valence-electron chi connectivity index (χ1n) is 8.06. The molecule has 0 spiro atoms. The molecule has 0 aliphatic heterocycles. The van der Waals surface area contributed by atoms with Gasteiger partial charge in [-0.25, -0.2) is 10.8 Å². The van der Waals surface area contributed by atoms with Crippen LogP contribution in [0.1, 0.15) is 51.9 Å². The lowest BCUT2D eigenvalue weighted by atomic mass is 9.96. The summed E-state index contributed by atoms with van der Waals surface area (Å²) in [6.45, 7) is 3.84. The van der Waals surface area contributed by atoms with Crippen molar-refractivity contribution in [1.29, 1.82) is 0 Å². The second-order valence-corrected chi connectivity index (χ2v) is 6.15. The number of ether oxygens (including phenoxy) is 1. The van der Waals surface area contributed by atoms with Crippen LogP contribution < -0.4 is 11.3 Å². The second-order valence-electron chi connectivity index (χ2n) is 6.15. The SMILES string of the molecule is COCCN(C(=NC1CCCCC1)NN)C(C)C1CC1. The smallest absolute Gasteiger partial charge is 0.209 e. The Morgan fingerprint density at radius 1 is 1.30 bits per heavy atom. The number of nitrogens with zero attached hydrogens (tertiary/aromatic N) is 2. The van der Waals surface area contributed by atoms with E-state index < -0.39 is 0 Å². The number of nitrogens with two attached hydrogens (primary N) is 1. The number of aliphatic imine (C=N–C) groups is 1. The Hall–Kier alpha value is -0.810. The van der Waals surface area contributed by atoms with E-state index in [0.717, 1.165) is 18.4 Å². The number of methoxy groups -OCH3 is 1. The Balaban J connectivity index is 2.03. The lowest BCUT2D eigenvalue weighted by Gasteiger charge is -2.33. The number of hydrogen-bond donors (Lipinski definition) is 2. The van der Waals surface area contributed by atoms with Crippen molar-refractivity contribution in [2.45, 2.75) is 64.0 Å². The third-order valence-electron chi connectivity index (χ3n) is 4.61. The topological polar surface area (TPSA) is 62.9 Å². The van der Waals surface area contributed by atoms with E-state index in [4.69, 9.17) is 15.6 Å². The fourth-order valence-corrected chi connectivity index (χ4v) is 3.10. The second kappa shape index (κ2) is 7.84. The normalized spacial score (nSPS) is 22.6. The van der Waals surface area contributed by atoms with Crippen LogP contribution in [0, 0.1) is 5.92 Å². The Morgan fingerprint density at radius 2 is 2.00 bits per heavy atom. The van der Waals surface area contributed by atoms with E-state index in [1.807, 2.05) is 0 Å². The molecule has 2 rings (SSSR count). The molecule has 0 saturated heterocycles. The fraction of sp³-hybridized carbons (Fsp3) is 0.933. The molecule has 5 nitrogen and oxygen atoms in total. The molecule has 0 aromatic carbocycles. The molecular formula is C15H30N4O. The molecule has 0 amide bonds. The summed E-state index contributed by atoms with van der Waals surface area (Å²) in [6.07, 6.45) is 8.98. The first-order valence-corrected chi connectivity index (χ1v) is 8.06. The van der Waals surface area contributed by atoms with Crippen molar-refractivity contribution in [1.82, 2.24) is 10.3 Å². The van der Waals surface area contributed by atoms with Crippen LogP contribution in [0.5, 0.6) is 0 Å². The van der Waals surface area contributed by atoms with Crippen molar-refractivity contribution in [3.8, 4) is 0 Å². The highest BCUT2D eigenvalue weighted by atomic mass is 16.5. The van der Waals surface area contributed by atoms with Gasteiger partial charge in [-0.2, -0.15) is 0 Å². The van der Waals surface area contributed by atoms with Crippen LogP contribution in [0.3, 0.4) is 0 Å². The van der Waals surface area contributed by atoms with Gasteiger partial charge in [-0.3, -0.25) is 5.43 Å². The number of nitrogens with one attached hydrogen (secondary N) is 1. The number of rotatable bonds is 6. The molecule has 3 N–H and O–H groups in total. The summed E-state index contributed by atoms with van der Waals surface area (Å²) in [5.41, 5.74) is 2.84. The Labute approximate surface area is 122 Å². The third-order valence-corrected chi connectivity index (χ3v) is 4.61. The van der Waals surface area contributed by atoms with Crippen LogP contribution >= 0.6 is 0 Å². The summed E-state index contributed by atoms with van der Waals surface area (Å²) in [4.78, 5) is 7.19. The molecule has 5 heteroatoms. The summed E-state index contributed by atoms with van der Waals surface area (Å²) in [5.74, 6) is 7.40. The number of guanidine groups is 1. The van der Waals surface area contributed by atoms with Crippen LogP contribution in [-0.2, 0) is 4.74 Å². The molecule has 2 saturated carbocycles. The molecule has 2 aliphatic rings. The van der Waals surface area contributed by atoms with Gasteiger partial charge in [0.15, 0.2) is 0 Å². The van der Waals surface area contributed by atoms with E-state index in [9.17, 15) is 0 Å². The lowest BCUT2D eigenvalue weighted by molar-refractivity contribution is 0.157. The number of hydrogen-bond acceptors (Lipinski definition) is 3. The van der Waals surface area contributed by atoms with Gasteiger partial charge in [-0.1, -0.05) is 19.3 Å². The van der Waals surface area contributed by atoms with E-state index in [0.29, 0.717) is 18.7 Å². The zero-order valence-electron chi connectivity index (χ0n) is 13.0. The van der Waals surface area contributed by atoms with Crippen molar-refractivity contribution >= 4 is 5.96 Å². The molecule has 2 aliphatic carbocycles. The fourth-order valence-electron chi connectivity index (χ4n) is 3.10. The number of hydrazine groups is 1. The summed E-state index contributed by atoms with van der Waals surface area (Å²) in [6, 6.07) is 0.926. The maximum atomic E-state index is 5.76. The standard InChI is InChI=1S/C15H30N4O/c1-12(13-8-9-13)19(10-11-20-2)15(18-16)17-14-6-4-3-5-7-14/h12-14H,3-11,16H2,1-2H3,(H,17,18). The van der Waals surface area contributed by atoms with Crippen molar-refractivity contribution in [2.24, 2.45) is 16.8 Å². The van der Waals surface area contributed by atoms with Gasteiger partial charge in [-0.05, 0) is 38.5 Å². The minimum atomic E-state index is 0.436. The first-order chi connectivity index (χ1) is 9.76. The predicted octanol–water partition coefficient (Wildman–Crippen LogP) is 1.89. The maximum Gasteiger partial charge on any atom is 0.209 e. The minimum Gasteiger partial charge on any atom is -0.383 e. The molecule has 116 valence electrons. The van der Waals surface area contributed by atoms with Gasteiger partial charge in [0, 0.05) is 19.7 Å². The molecule has 0 radical (unpaired) electrons. The van der Waals surface area contributed by atoms with Gasteiger partial charge in [0.1, 0.15) is 0 Å². The molecule has 0 bridgehead atoms. The molecule has 0 aromatic heterocycles. The van der Waals surface area contributed by atoms with Crippen LogP contribution in [0.2, 0.25) is 0 Å². The lowest BCUT2D eigenvalue weighted by Crippen LogP contribution is -2.51. The van der Waals surface area contributed by atoms with Crippen molar-refractivity contribution in [3.05, 3.63) is 0 Å². The van der Waals surface area contributed by atoms with E-state index in [1.54, 1.807) is 7.11 Å². The van der Waals surface area contributed by atoms with E-state index >= 15 is 0 Å². The minimum absolute atomic E-state index is 0.436. The van der Waals surface area contributed by atoms with Crippen LogP contribution in [0.4, 0.5) is 0 Å². The van der Waals surface area contributed by atoms with Crippen molar-refractivity contribution in [2.75, 3.05) is 20.3 Å². The van der Waals surface area contributed by atoms with Gasteiger partial charge in [0.05, 0.1) is 12.6 Å². The predicted molar refractivity (Wildman–Crippen MR) is 82.4 cm³/mol. The van der Waals surface area contributed by atoms with E-state index in [-0.39, 0.29) is 0 Å². The zero-order valence-corrected chi connectivity index (χ0v) is 13.0. The first kappa shape index (κ1) is 15.6. The molecule has 20 heavy (non-hydrogen) atoms. The molecule has 0 aromatic rings. The van der Waals surface area contributed by atoms with E-state index in [2.05, 4.69) is 17.2 Å². The Morgan fingerprint density at radius 3 is 2.55 bits per heavy atom. The monoisotopic (exact) mass is 282 g/mol. The van der Waals surface area contributed by atoms with Crippen LogP contribution in [0.25, 0.3) is 0 Å². The van der Waals surface area contributed by atoms with Gasteiger partial charge in [-0.15, -0.1) is 0 Å². The van der Waals surface area contributed by atoms with Crippen molar-refractivity contribution < 1.29 is 4.74 Å². The Bertz CT molecular complexity index is 311. The molecule has 1 unspecified atom stereocenters. The molecule has 2 fully saturated rings. The largest absolute Gasteiger partial charge is 0.383 e. The van der Waals surface area contributed by atoms with E-state index in [1.165, 1.54) is 44.9 Å². The van der Waals surface area contributed by atoms with Gasteiger partial charge in [0.25, 0.3) is 0 Å². The summed E-state index contributed by atoms with van der Waals surface area (Å²) >= 11 is 0. The van der Waals surface area contributed by atoms with Crippen LogP contribution in [0.15, 0.2) is 4.99 Å².